The Kier molecular flexibility index (Phi) is 4.93. The minimum Gasteiger partial charge on any atom is -0.341 e. The maximum Gasteiger partial charge on any atom is 0.232 e. The Morgan fingerprint density at radius 2 is 2.04 bits per heavy atom. The van der Waals surface area contributed by atoms with E-state index in [1.165, 1.54) is 5.56 Å². The number of carbonyl (C=O) groups excluding carboxylic acids is 1. The minimum absolute atomic E-state index is 0.203. The molecule has 3 heterocycles. The fourth-order valence-corrected chi connectivity index (χ4v) is 4.22. The molecular weight excluding hydrogens is 344 g/mol. The molecule has 1 saturated heterocycles. The van der Waals surface area contributed by atoms with Crippen LogP contribution in [-0.2, 0) is 4.79 Å². The lowest BCUT2D eigenvalue weighted by Gasteiger charge is -2.32. The van der Waals surface area contributed by atoms with Crippen LogP contribution in [-0.4, -0.2) is 44.2 Å². The highest BCUT2D eigenvalue weighted by Crippen LogP contribution is 2.27. The molecule has 5 nitrogen and oxygen atoms in total. The molecule has 0 spiro atoms. The third-order valence-corrected chi connectivity index (χ3v) is 5.86. The van der Waals surface area contributed by atoms with Crippen LogP contribution in [0.25, 0.3) is 5.65 Å². The molecule has 1 aromatic carbocycles. The number of likely N-dealkylation sites (tertiary alicyclic amines) is 1. The average molecular weight is 366 g/mol. The summed E-state index contributed by atoms with van der Waals surface area (Å²) in [7, 11) is 0. The largest absolute Gasteiger partial charge is 0.341 e. The minimum atomic E-state index is 0.203. The van der Waals surface area contributed by atoms with E-state index in [0.717, 1.165) is 42.3 Å². The number of amides is 1. The lowest BCUT2D eigenvalue weighted by Crippen LogP contribution is -2.40. The Morgan fingerprint density at radius 1 is 1.19 bits per heavy atom. The molecule has 1 fully saturated rings. The number of aryl methyl sites for hydroxylation is 1. The number of benzene rings is 1. The molecule has 0 bridgehead atoms. The maximum atomic E-state index is 12.7. The molecule has 1 aliphatic rings. The highest BCUT2D eigenvalue weighted by atomic mass is 32.2. The SMILES string of the molecule is Cc1ccc(SCC(=O)N2CCCC(c3nnc4ccccn34)C2)cc1. The fourth-order valence-electron chi connectivity index (χ4n) is 3.42. The van der Waals surface area contributed by atoms with Crippen LogP contribution in [0.1, 0.15) is 30.1 Å². The molecule has 6 heteroatoms. The van der Waals surface area contributed by atoms with Gasteiger partial charge in [0.05, 0.1) is 5.75 Å². The monoisotopic (exact) mass is 366 g/mol. The second kappa shape index (κ2) is 7.50. The van der Waals surface area contributed by atoms with Gasteiger partial charge in [-0.25, -0.2) is 0 Å². The predicted octanol–water partition coefficient (Wildman–Crippen LogP) is 3.54. The van der Waals surface area contributed by atoms with Crippen LogP contribution in [0.5, 0.6) is 0 Å². The summed E-state index contributed by atoms with van der Waals surface area (Å²) in [4.78, 5) is 15.8. The number of carbonyl (C=O) groups is 1. The highest BCUT2D eigenvalue weighted by Gasteiger charge is 2.27. The fraction of sp³-hybridized carbons (Fsp3) is 0.350. The van der Waals surface area contributed by atoms with Crippen molar-refractivity contribution in [1.82, 2.24) is 19.5 Å². The summed E-state index contributed by atoms with van der Waals surface area (Å²) >= 11 is 1.61. The number of thioether (sulfide) groups is 1. The van der Waals surface area contributed by atoms with Crippen molar-refractivity contribution < 1.29 is 4.79 Å². The molecule has 134 valence electrons. The van der Waals surface area contributed by atoms with Crippen molar-refractivity contribution in [3.8, 4) is 0 Å². The van der Waals surface area contributed by atoms with E-state index in [-0.39, 0.29) is 11.8 Å². The van der Waals surface area contributed by atoms with Crippen LogP contribution in [0.3, 0.4) is 0 Å². The smallest absolute Gasteiger partial charge is 0.232 e. The Balaban J connectivity index is 1.41. The van der Waals surface area contributed by atoms with Crippen molar-refractivity contribution in [2.24, 2.45) is 0 Å². The summed E-state index contributed by atoms with van der Waals surface area (Å²) < 4.78 is 2.04. The van der Waals surface area contributed by atoms with Crippen LogP contribution >= 0.6 is 11.8 Å². The number of hydrogen-bond acceptors (Lipinski definition) is 4. The van der Waals surface area contributed by atoms with Crippen LogP contribution < -0.4 is 0 Å². The molecule has 0 aliphatic carbocycles. The second-order valence-corrected chi connectivity index (χ2v) is 7.82. The Hall–Kier alpha value is -2.34. The van der Waals surface area contributed by atoms with E-state index >= 15 is 0 Å². The standard InChI is InChI=1S/C20H22N4OS/c1-15-7-9-17(10-8-15)26-14-19(25)23-11-4-5-16(13-23)20-22-21-18-6-2-3-12-24(18)20/h2-3,6-10,12,16H,4-5,11,13-14H2,1H3. The van der Waals surface area contributed by atoms with Crippen molar-refractivity contribution >= 4 is 23.3 Å². The molecular formula is C20H22N4OS. The van der Waals surface area contributed by atoms with Crippen LogP contribution in [0, 0.1) is 6.92 Å². The number of hydrogen-bond donors (Lipinski definition) is 0. The van der Waals surface area contributed by atoms with Crippen molar-refractivity contribution in [3.05, 3.63) is 60.0 Å². The molecule has 1 aliphatic heterocycles. The summed E-state index contributed by atoms with van der Waals surface area (Å²) in [5.41, 5.74) is 2.10. The molecule has 4 rings (SSSR count). The summed E-state index contributed by atoms with van der Waals surface area (Å²) in [5.74, 6) is 1.89. The zero-order valence-electron chi connectivity index (χ0n) is 14.8. The topological polar surface area (TPSA) is 50.5 Å². The Morgan fingerprint density at radius 3 is 2.88 bits per heavy atom. The van der Waals surface area contributed by atoms with Crippen LogP contribution in [0.2, 0.25) is 0 Å². The van der Waals surface area contributed by atoms with Crippen molar-refractivity contribution in [2.45, 2.75) is 30.6 Å². The number of rotatable bonds is 4. The van der Waals surface area contributed by atoms with Gasteiger partial charge in [0.2, 0.25) is 5.91 Å². The highest BCUT2D eigenvalue weighted by molar-refractivity contribution is 8.00. The van der Waals surface area contributed by atoms with Crippen molar-refractivity contribution in [1.29, 1.82) is 0 Å². The van der Waals surface area contributed by atoms with Gasteiger partial charge in [-0.1, -0.05) is 23.8 Å². The van der Waals surface area contributed by atoms with E-state index < -0.39 is 0 Å². The Bertz CT molecular complexity index is 906. The molecule has 0 N–H and O–H groups in total. The lowest BCUT2D eigenvalue weighted by atomic mass is 9.97. The zero-order chi connectivity index (χ0) is 17.9. The van der Waals surface area contributed by atoms with Gasteiger partial charge in [-0.2, -0.15) is 0 Å². The molecule has 1 unspecified atom stereocenters. The summed E-state index contributed by atoms with van der Waals surface area (Å²) in [6.45, 7) is 3.63. The van der Waals surface area contributed by atoms with Gasteiger partial charge in [0, 0.05) is 30.1 Å². The number of fused-ring (bicyclic) bond motifs is 1. The van der Waals surface area contributed by atoms with Gasteiger partial charge in [-0.3, -0.25) is 9.20 Å². The molecule has 2 aromatic heterocycles. The van der Waals surface area contributed by atoms with Crippen LogP contribution in [0.4, 0.5) is 0 Å². The van der Waals surface area contributed by atoms with Gasteiger partial charge in [-0.15, -0.1) is 22.0 Å². The van der Waals surface area contributed by atoms with E-state index in [1.807, 2.05) is 33.7 Å². The zero-order valence-corrected chi connectivity index (χ0v) is 15.7. The van der Waals surface area contributed by atoms with Gasteiger partial charge in [0.1, 0.15) is 5.82 Å². The maximum absolute atomic E-state index is 12.7. The molecule has 1 amide bonds. The number of nitrogens with zero attached hydrogens (tertiary/aromatic N) is 4. The number of piperidine rings is 1. The number of aromatic nitrogens is 3. The quantitative estimate of drug-likeness (QED) is 0.663. The molecule has 0 saturated carbocycles. The first-order chi connectivity index (χ1) is 12.7. The lowest BCUT2D eigenvalue weighted by molar-refractivity contribution is -0.129. The van der Waals surface area contributed by atoms with Gasteiger partial charge < -0.3 is 4.90 Å². The average Bonchev–Trinajstić information content (AvgIpc) is 3.11. The third kappa shape index (κ3) is 3.60. The van der Waals surface area contributed by atoms with E-state index in [4.69, 9.17) is 0 Å². The molecule has 26 heavy (non-hydrogen) atoms. The van der Waals surface area contributed by atoms with Crippen molar-refractivity contribution in [3.63, 3.8) is 0 Å². The van der Waals surface area contributed by atoms with E-state index in [2.05, 4.69) is 41.4 Å². The summed E-state index contributed by atoms with van der Waals surface area (Å²) in [6, 6.07) is 14.2. The van der Waals surface area contributed by atoms with Gasteiger partial charge >= 0.3 is 0 Å². The van der Waals surface area contributed by atoms with E-state index in [1.54, 1.807) is 11.8 Å². The van der Waals surface area contributed by atoms with Crippen molar-refractivity contribution in [2.75, 3.05) is 18.8 Å². The number of pyridine rings is 1. The third-order valence-electron chi connectivity index (χ3n) is 4.86. The first kappa shape index (κ1) is 17.1. The van der Waals surface area contributed by atoms with Gasteiger partial charge in [-0.05, 0) is 44.0 Å². The summed E-state index contributed by atoms with van der Waals surface area (Å²) in [5, 5.41) is 8.64. The van der Waals surface area contributed by atoms with E-state index in [0.29, 0.717) is 5.75 Å². The van der Waals surface area contributed by atoms with E-state index in [9.17, 15) is 4.79 Å². The van der Waals surface area contributed by atoms with Crippen LogP contribution in [0.15, 0.2) is 53.6 Å². The predicted molar refractivity (Wildman–Crippen MR) is 103 cm³/mol. The molecule has 3 aromatic rings. The second-order valence-electron chi connectivity index (χ2n) is 6.77. The molecule has 1 atom stereocenters. The molecule has 0 radical (unpaired) electrons. The normalized spacial score (nSPS) is 17.6. The Labute approximate surface area is 157 Å². The summed E-state index contributed by atoms with van der Waals surface area (Å²) in [6.07, 6.45) is 4.05. The first-order valence-corrected chi connectivity index (χ1v) is 9.96. The van der Waals surface area contributed by atoms with Gasteiger partial charge in [0.15, 0.2) is 5.65 Å². The first-order valence-electron chi connectivity index (χ1n) is 8.97. The van der Waals surface area contributed by atoms with Gasteiger partial charge in [0.25, 0.3) is 0 Å².